The minimum atomic E-state index is -0.288. The maximum Gasteiger partial charge on any atom is 0.169 e. The van der Waals surface area contributed by atoms with Crippen molar-refractivity contribution in [3.05, 3.63) is 23.5 Å². The lowest BCUT2D eigenvalue weighted by molar-refractivity contribution is 0.375. The van der Waals surface area contributed by atoms with Gasteiger partial charge < -0.3 is 4.74 Å². The van der Waals surface area contributed by atoms with Gasteiger partial charge in [-0.3, -0.25) is 0 Å². The Kier molecular flexibility index (Phi) is 2.17. The van der Waals surface area contributed by atoms with Crippen LogP contribution < -0.4 is 4.74 Å². The molecular formula is C9H10FNOS. The van der Waals surface area contributed by atoms with Gasteiger partial charge >= 0.3 is 0 Å². The Labute approximate surface area is 80.8 Å². The molecule has 0 bridgehead atoms. The fraction of sp³-hybridized carbons (Fsp3) is 0.333. The van der Waals surface area contributed by atoms with E-state index in [1.165, 1.54) is 25.1 Å². The van der Waals surface area contributed by atoms with E-state index >= 15 is 0 Å². The van der Waals surface area contributed by atoms with Crippen molar-refractivity contribution in [3.63, 3.8) is 0 Å². The van der Waals surface area contributed by atoms with Crippen molar-refractivity contribution >= 4 is 11.9 Å². The largest absolute Gasteiger partial charge is 0.492 e. The topological polar surface area (TPSA) is 12.5 Å². The van der Waals surface area contributed by atoms with E-state index in [2.05, 4.69) is 0 Å². The second-order valence-electron chi connectivity index (χ2n) is 2.95. The summed E-state index contributed by atoms with van der Waals surface area (Å²) in [6, 6.07) is 3.26. The molecule has 0 amide bonds. The maximum atomic E-state index is 13.2. The van der Waals surface area contributed by atoms with Crippen LogP contribution in [0.1, 0.15) is 5.56 Å². The van der Waals surface area contributed by atoms with E-state index in [0.717, 1.165) is 17.0 Å². The van der Waals surface area contributed by atoms with Gasteiger partial charge in [-0.1, -0.05) is 6.07 Å². The molecule has 2 rings (SSSR count). The summed E-state index contributed by atoms with van der Waals surface area (Å²) in [4.78, 5) is 0.907. The van der Waals surface area contributed by atoms with Gasteiger partial charge in [0.1, 0.15) is 0 Å². The molecule has 2 nitrogen and oxygen atoms in total. The molecule has 1 aliphatic rings. The highest BCUT2D eigenvalue weighted by Crippen LogP contribution is 2.42. The van der Waals surface area contributed by atoms with Crippen LogP contribution in [-0.2, 0) is 6.54 Å². The third-order valence-electron chi connectivity index (χ3n) is 1.99. The highest BCUT2D eigenvalue weighted by atomic mass is 32.2. The number of benzene rings is 1. The van der Waals surface area contributed by atoms with Crippen LogP contribution in [0.25, 0.3) is 0 Å². The fourth-order valence-corrected chi connectivity index (χ4v) is 2.45. The van der Waals surface area contributed by atoms with Crippen molar-refractivity contribution in [3.8, 4) is 5.75 Å². The molecule has 13 heavy (non-hydrogen) atoms. The van der Waals surface area contributed by atoms with Crippen molar-refractivity contribution in [1.82, 2.24) is 4.31 Å². The summed E-state index contributed by atoms with van der Waals surface area (Å²) >= 11 is 1.52. The SMILES string of the molecule is COc1c(F)ccc2c1SN(C)C2. The molecule has 0 aliphatic carbocycles. The lowest BCUT2D eigenvalue weighted by Crippen LogP contribution is -1.99. The van der Waals surface area contributed by atoms with Crippen molar-refractivity contribution in [2.24, 2.45) is 0 Å². The zero-order valence-corrected chi connectivity index (χ0v) is 8.32. The van der Waals surface area contributed by atoms with E-state index in [4.69, 9.17) is 4.74 Å². The highest BCUT2D eigenvalue weighted by molar-refractivity contribution is 7.97. The Morgan fingerprint density at radius 3 is 3.00 bits per heavy atom. The van der Waals surface area contributed by atoms with E-state index in [1.54, 1.807) is 0 Å². The first-order valence-corrected chi connectivity index (χ1v) is 4.74. The second kappa shape index (κ2) is 3.20. The molecule has 0 aromatic heterocycles. The van der Waals surface area contributed by atoms with Crippen LogP contribution in [0, 0.1) is 5.82 Å². The third-order valence-corrected chi connectivity index (χ3v) is 3.06. The zero-order valence-electron chi connectivity index (χ0n) is 7.50. The first-order valence-electron chi connectivity index (χ1n) is 3.97. The van der Waals surface area contributed by atoms with E-state index in [1.807, 2.05) is 17.4 Å². The summed E-state index contributed by atoms with van der Waals surface area (Å²) in [5.41, 5.74) is 1.13. The molecule has 0 spiro atoms. The molecule has 0 atom stereocenters. The molecular weight excluding hydrogens is 189 g/mol. The van der Waals surface area contributed by atoms with Gasteiger partial charge in [0, 0.05) is 6.54 Å². The normalized spacial score (nSPS) is 15.9. The number of rotatable bonds is 1. The molecule has 1 aliphatic heterocycles. The van der Waals surface area contributed by atoms with Gasteiger partial charge in [-0.2, -0.15) is 0 Å². The molecule has 0 saturated carbocycles. The van der Waals surface area contributed by atoms with Crippen LogP contribution >= 0.6 is 11.9 Å². The third kappa shape index (κ3) is 1.40. The Hall–Kier alpha value is -0.740. The molecule has 0 N–H and O–H groups in total. The summed E-state index contributed by atoms with van der Waals surface area (Å²) < 4.78 is 20.3. The average Bonchev–Trinajstić information content (AvgIpc) is 2.45. The molecule has 1 heterocycles. The Balaban J connectivity index is 2.52. The van der Waals surface area contributed by atoms with Crippen molar-refractivity contribution < 1.29 is 9.13 Å². The molecule has 70 valence electrons. The van der Waals surface area contributed by atoms with Crippen molar-refractivity contribution in [2.45, 2.75) is 11.4 Å². The second-order valence-corrected chi connectivity index (χ2v) is 4.16. The monoisotopic (exact) mass is 199 g/mol. The summed E-state index contributed by atoms with van der Waals surface area (Å²) in [5.74, 6) is 0.0795. The van der Waals surface area contributed by atoms with E-state index in [0.29, 0.717) is 5.75 Å². The van der Waals surface area contributed by atoms with Gasteiger partial charge in [0.05, 0.1) is 12.0 Å². The Morgan fingerprint density at radius 1 is 1.54 bits per heavy atom. The summed E-state index contributed by atoms with van der Waals surface area (Å²) in [6.45, 7) is 0.844. The first kappa shape index (κ1) is 8.84. The van der Waals surface area contributed by atoms with Crippen LogP contribution in [0.2, 0.25) is 0 Å². The van der Waals surface area contributed by atoms with Gasteiger partial charge in [0.25, 0.3) is 0 Å². The minimum absolute atomic E-state index is 0.288. The van der Waals surface area contributed by atoms with Crippen LogP contribution in [-0.4, -0.2) is 18.5 Å². The molecule has 0 fully saturated rings. The molecule has 0 radical (unpaired) electrons. The van der Waals surface area contributed by atoms with Gasteiger partial charge in [-0.15, -0.1) is 0 Å². The number of hydrogen-bond donors (Lipinski definition) is 0. The van der Waals surface area contributed by atoms with Gasteiger partial charge in [-0.25, -0.2) is 8.70 Å². The zero-order chi connectivity index (χ0) is 9.42. The number of methoxy groups -OCH3 is 1. The molecule has 0 unspecified atom stereocenters. The fourth-order valence-electron chi connectivity index (χ4n) is 1.42. The summed E-state index contributed by atoms with van der Waals surface area (Å²) in [5, 5.41) is 0. The van der Waals surface area contributed by atoms with Gasteiger partial charge in [0.2, 0.25) is 0 Å². The number of halogens is 1. The van der Waals surface area contributed by atoms with Crippen LogP contribution in [0.5, 0.6) is 5.75 Å². The lowest BCUT2D eigenvalue weighted by Gasteiger charge is -2.06. The minimum Gasteiger partial charge on any atom is -0.492 e. The highest BCUT2D eigenvalue weighted by Gasteiger charge is 2.22. The van der Waals surface area contributed by atoms with E-state index < -0.39 is 0 Å². The quantitative estimate of drug-likeness (QED) is 0.644. The predicted octanol–water partition coefficient (Wildman–Crippen LogP) is 2.29. The molecule has 4 heteroatoms. The van der Waals surface area contributed by atoms with Crippen LogP contribution in [0.4, 0.5) is 4.39 Å². The molecule has 1 aromatic rings. The smallest absolute Gasteiger partial charge is 0.169 e. The first-order chi connectivity index (χ1) is 6.22. The van der Waals surface area contributed by atoms with Gasteiger partial charge in [0.15, 0.2) is 11.6 Å². The summed E-state index contributed by atoms with van der Waals surface area (Å²) in [7, 11) is 3.47. The number of ether oxygens (including phenoxy) is 1. The molecule has 0 saturated heterocycles. The number of fused-ring (bicyclic) bond motifs is 1. The van der Waals surface area contributed by atoms with Crippen LogP contribution in [0.3, 0.4) is 0 Å². The Bertz CT molecular complexity index is 343. The summed E-state index contributed by atoms with van der Waals surface area (Å²) in [6.07, 6.45) is 0. The standard InChI is InChI=1S/C9H10FNOS/c1-11-5-6-3-4-7(10)8(12-2)9(6)13-11/h3-4H,5H2,1-2H3. The molecule has 1 aromatic carbocycles. The van der Waals surface area contributed by atoms with E-state index in [-0.39, 0.29) is 5.82 Å². The van der Waals surface area contributed by atoms with Crippen molar-refractivity contribution in [1.29, 1.82) is 0 Å². The maximum absolute atomic E-state index is 13.2. The van der Waals surface area contributed by atoms with Crippen LogP contribution in [0.15, 0.2) is 17.0 Å². The Morgan fingerprint density at radius 2 is 2.31 bits per heavy atom. The average molecular weight is 199 g/mol. The number of hydrogen-bond acceptors (Lipinski definition) is 3. The van der Waals surface area contributed by atoms with Crippen molar-refractivity contribution in [2.75, 3.05) is 14.2 Å². The lowest BCUT2D eigenvalue weighted by atomic mass is 10.2. The van der Waals surface area contributed by atoms with E-state index in [9.17, 15) is 4.39 Å². The number of nitrogens with zero attached hydrogens (tertiary/aromatic N) is 1. The van der Waals surface area contributed by atoms with Gasteiger partial charge in [-0.05, 0) is 30.6 Å². The predicted molar refractivity (Wildman–Crippen MR) is 50.3 cm³/mol.